The van der Waals surface area contributed by atoms with Gasteiger partial charge in [-0.1, -0.05) is 0 Å². The predicted octanol–water partition coefficient (Wildman–Crippen LogP) is 1.83. The predicted molar refractivity (Wildman–Crippen MR) is 83.5 cm³/mol. The van der Waals surface area contributed by atoms with Crippen molar-refractivity contribution in [2.24, 2.45) is 0 Å². The third-order valence-corrected chi connectivity index (χ3v) is 4.23. The molecule has 130 valence electrons. The monoisotopic (exact) mass is 357 g/mol. The second-order valence-corrected chi connectivity index (χ2v) is 6.09. The standard InChI is InChI=1S/C14H16FN3O5S/c1-4-23-12-6-5-9(7-10(12)15)24(19,20)18-11-8-16-14(22-3)17-13(11)21-2/h5-8,18H,4H2,1-3H3. The molecule has 0 amide bonds. The number of nitrogens with one attached hydrogen (secondary N) is 1. The number of anilines is 1. The minimum Gasteiger partial charge on any atom is -0.491 e. The molecular weight excluding hydrogens is 341 g/mol. The quantitative estimate of drug-likeness (QED) is 0.807. The average molecular weight is 357 g/mol. The van der Waals surface area contributed by atoms with Crippen LogP contribution in [0.25, 0.3) is 0 Å². The largest absolute Gasteiger partial charge is 0.491 e. The number of sulfonamides is 1. The Bertz CT molecular complexity index is 829. The van der Waals surface area contributed by atoms with Gasteiger partial charge in [0.2, 0.25) is 5.88 Å². The first-order chi connectivity index (χ1) is 11.4. The molecule has 1 aromatic heterocycles. The molecule has 0 aliphatic carbocycles. The fourth-order valence-corrected chi connectivity index (χ4v) is 2.85. The van der Waals surface area contributed by atoms with E-state index in [2.05, 4.69) is 14.7 Å². The fraction of sp³-hybridized carbons (Fsp3) is 0.286. The number of methoxy groups -OCH3 is 2. The maximum atomic E-state index is 13.9. The Morgan fingerprint density at radius 1 is 1.25 bits per heavy atom. The molecule has 0 atom stereocenters. The third kappa shape index (κ3) is 3.82. The van der Waals surface area contributed by atoms with Gasteiger partial charge in [-0.15, -0.1) is 0 Å². The van der Waals surface area contributed by atoms with E-state index in [9.17, 15) is 12.8 Å². The summed E-state index contributed by atoms with van der Waals surface area (Å²) >= 11 is 0. The zero-order valence-electron chi connectivity index (χ0n) is 13.2. The van der Waals surface area contributed by atoms with E-state index in [1.807, 2.05) is 0 Å². The van der Waals surface area contributed by atoms with E-state index in [4.69, 9.17) is 14.2 Å². The van der Waals surface area contributed by atoms with Crippen molar-refractivity contribution in [2.75, 3.05) is 25.5 Å². The van der Waals surface area contributed by atoms with Crippen molar-refractivity contribution >= 4 is 15.7 Å². The SMILES string of the molecule is CCOc1ccc(S(=O)(=O)Nc2cnc(OC)nc2OC)cc1F. The maximum Gasteiger partial charge on any atom is 0.319 e. The number of rotatable bonds is 7. The molecule has 0 aliphatic heterocycles. The van der Waals surface area contributed by atoms with Crippen molar-refractivity contribution in [1.29, 1.82) is 0 Å². The van der Waals surface area contributed by atoms with E-state index in [1.165, 1.54) is 32.5 Å². The smallest absolute Gasteiger partial charge is 0.319 e. The molecule has 0 unspecified atom stereocenters. The molecule has 2 aromatic rings. The van der Waals surface area contributed by atoms with E-state index >= 15 is 0 Å². The number of hydrogen-bond donors (Lipinski definition) is 1. The lowest BCUT2D eigenvalue weighted by Crippen LogP contribution is -2.15. The maximum absolute atomic E-state index is 13.9. The van der Waals surface area contributed by atoms with Crippen LogP contribution < -0.4 is 18.9 Å². The lowest BCUT2D eigenvalue weighted by molar-refractivity contribution is 0.321. The van der Waals surface area contributed by atoms with Crippen LogP contribution in [-0.4, -0.2) is 39.2 Å². The number of ether oxygens (including phenoxy) is 3. The number of benzene rings is 1. The van der Waals surface area contributed by atoms with Crippen molar-refractivity contribution < 1.29 is 27.0 Å². The van der Waals surface area contributed by atoms with Crippen LogP contribution in [0.2, 0.25) is 0 Å². The van der Waals surface area contributed by atoms with Gasteiger partial charge in [-0.3, -0.25) is 4.72 Å². The van der Waals surface area contributed by atoms with Gasteiger partial charge in [0.15, 0.2) is 11.6 Å². The lowest BCUT2D eigenvalue weighted by atomic mass is 10.3. The Balaban J connectivity index is 2.33. The van der Waals surface area contributed by atoms with Gasteiger partial charge in [-0.25, -0.2) is 17.8 Å². The number of hydrogen-bond acceptors (Lipinski definition) is 7. The van der Waals surface area contributed by atoms with Gasteiger partial charge < -0.3 is 14.2 Å². The highest BCUT2D eigenvalue weighted by molar-refractivity contribution is 7.92. The molecule has 1 heterocycles. The van der Waals surface area contributed by atoms with Crippen LogP contribution in [0.15, 0.2) is 29.3 Å². The summed E-state index contributed by atoms with van der Waals surface area (Å²) in [6.45, 7) is 1.96. The fourth-order valence-electron chi connectivity index (χ4n) is 1.80. The van der Waals surface area contributed by atoms with E-state index in [0.29, 0.717) is 0 Å². The molecule has 0 aliphatic rings. The summed E-state index contributed by atoms with van der Waals surface area (Å²) in [6.07, 6.45) is 1.19. The summed E-state index contributed by atoms with van der Waals surface area (Å²) in [5.41, 5.74) is -0.00686. The summed E-state index contributed by atoms with van der Waals surface area (Å²) in [4.78, 5) is 7.40. The van der Waals surface area contributed by atoms with Crippen LogP contribution in [-0.2, 0) is 10.0 Å². The third-order valence-electron chi connectivity index (χ3n) is 2.87. The summed E-state index contributed by atoms with van der Waals surface area (Å²) in [5.74, 6) is -0.837. The molecule has 0 radical (unpaired) electrons. The highest BCUT2D eigenvalue weighted by atomic mass is 32.2. The van der Waals surface area contributed by atoms with Gasteiger partial charge >= 0.3 is 6.01 Å². The van der Waals surface area contributed by atoms with Crippen molar-refractivity contribution in [2.45, 2.75) is 11.8 Å². The summed E-state index contributed by atoms with van der Waals surface area (Å²) in [5, 5.41) is 0. The number of aromatic nitrogens is 2. The Morgan fingerprint density at radius 3 is 2.58 bits per heavy atom. The number of halogens is 1. The van der Waals surface area contributed by atoms with Crippen LogP contribution >= 0.6 is 0 Å². The van der Waals surface area contributed by atoms with Crippen LogP contribution in [0, 0.1) is 5.82 Å². The average Bonchev–Trinajstić information content (AvgIpc) is 2.56. The van der Waals surface area contributed by atoms with Gasteiger partial charge in [-0.05, 0) is 25.1 Å². The van der Waals surface area contributed by atoms with Gasteiger partial charge in [0, 0.05) is 0 Å². The molecule has 1 N–H and O–H groups in total. The lowest BCUT2D eigenvalue weighted by Gasteiger charge is -2.12. The zero-order chi connectivity index (χ0) is 17.7. The van der Waals surface area contributed by atoms with Crippen LogP contribution in [0.4, 0.5) is 10.1 Å². The van der Waals surface area contributed by atoms with Crippen molar-refractivity contribution in [3.63, 3.8) is 0 Å². The Hall–Kier alpha value is -2.62. The second kappa shape index (κ2) is 7.30. The van der Waals surface area contributed by atoms with Crippen LogP contribution in [0.5, 0.6) is 17.6 Å². The van der Waals surface area contributed by atoms with Crippen molar-refractivity contribution in [1.82, 2.24) is 9.97 Å². The molecule has 0 saturated heterocycles. The summed E-state index contributed by atoms with van der Waals surface area (Å²) < 4.78 is 55.7. The highest BCUT2D eigenvalue weighted by Crippen LogP contribution is 2.27. The van der Waals surface area contributed by atoms with Gasteiger partial charge in [0.05, 0.1) is 31.9 Å². The Morgan fingerprint density at radius 2 is 2.00 bits per heavy atom. The summed E-state index contributed by atoms with van der Waals surface area (Å²) in [6, 6.07) is 3.36. The molecule has 0 fully saturated rings. The molecule has 2 rings (SSSR count). The Labute approximate surface area is 138 Å². The van der Waals surface area contributed by atoms with Crippen molar-refractivity contribution in [3.8, 4) is 17.6 Å². The van der Waals surface area contributed by atoms with Crippen LogP contribution in [0.3, 0.4) is 0 Å². The van der Waals surface area contributed by atoms with Crippen molar-refractivity contribution in [3.05, 3.63) is 30.2 Å². The van der Waals surface area contributed by atoms with Gasteiger partial charge in [0.25, 0.3) is 10.0 Å². The van der Waals surface area contributed by atoms with E-state index in [1.54, 1.807) is 6.92 Å². The highest BCUT2D eigenvalue weighted by Gasteiger charge is 2.20. The molecule has 0 spiro atoms. The molecular formula is C14H16FN3O5S. The molecule has 24 heavy (non-hydrogen) atoms. The van der Waals surface area contributed by atoms with E-state index in [-0.39, 0.29) is 34.8 Å². The zero-order valence-corrected chi connectivity index (χ0v) is 14.1. The van der Waals surface area contributed by atoms with E-state index < -0.39 is 15.8 Å². The Kier molecular flexibility index (Phi) is 5.39. The first kappa shape index (κ1) is 17.7. The topological polar surface area (TPSA) is 99.6 Å². The van der Waals surface area contributed by atoms with Gasteiger partial charge in [0.1, 0.15) is 5.69 Å². The minimum atomic E-state index is -4.07. The normalized spacial score (nSPS) is 11.0. The molecule has 1 aromatic carbocycles. The number of nitrogens with zero attached hydrogens (tertiary/aromatic N) is 2. The van der Waals surface area contributed by atoms with E-state index in [0.717, 1.165) is 6.07 Å². The second-order valence-electron chi connectivity index (χ2n) is 4.41. The molecule has 8 nitrogen and oxygen atoms in total. The first-order valence-electron chi connectivity index (χ1n) is 6.81. The minimum absolute atomic E-state index is 0.00686. The van der Waals surface area contributed by atoms with Crippen LogP contribution in [0.1, 0.15) is 6.92 Å². The molecule has 10 heteroatoms. The van der Waals surface area contributed by atoms with Gasteiger partial charge in [-0.2, -0.15) is 4.98 Å². The summed E-state index contributed by atoms with van der Waals surface area (Å²) in [7, 11) is -1.39. The molecule has 0 saturated carbocycles. The first-order valence-corrected chi connectivity index (χ1v) is 8.29. The molecule has 0 bridgehead atoms.